The molecule has 4 rings (SSSR count). The standard InChI is InChI=1S/C18H15N5O2/c1-12-19-15-8-7-14(9-17(15)25-12)20-18(24)16-11-23(22-21-16)10-13-5-3-2-4-6-13/h2-9,11H,10H2,1H3,(H,20,24). The van der Waals surface area contributed by atoms with E-state index < -0.39 is 0 Å². The second-order valence-electron chi connectivity index (χ2n) is 5.66. The molecule has 0 atom stereocenters. The first-order chi connectivity index (χ1) is 12.2. The minimum atomic E-state index is -0.324. The number of carbonyl (C=O) groups is 1. The van der Waals surface area contributed by atoms with E-state index in [1.165, 1.54) is 0 Å². The Morgan fingerprint density at radius 3 is 2.88 bits per heavy atom. The van der Waals surface area contributed by atoms with E-state index in [0.29, 0.717) is 23.7 Å². The second kappa shape index (κ2) is 6.20. The van der Waals surface area contributed by atoms with Gasteiger partial charge in [0.05, 0.1) is 12.7 Å². The van der Waals surface area contributed by atoms with Crippen molar-refractivity contribution in [1.82, 2.24) is 20.0 Å². The number of rotatable bonds is 4. The van der Waals surface area contributed by atoms with Crippen LogP contribution in [-0.2, 0) is 6.54 Å². The molecule has 0 spiro atoms. The fourth-order valence-electron chi connectivity index (χ4n) is 2.56. The molecule has 1 N–H and O–H groups in total. The summed E-state index contributed by atoms with van der Waals surface area (Å²) in [7, 11) is 0. The molecule has 25 heavy (non-hydrogen) atoms. The van der Waals surface area contributed by atoms with Crippen molar-refractivity contribution in [2.24, 2.45) is 0 Å². The van der Waals surface area contributed by atoms with Crippen LogP contribution in [0.15, 0.2) is 59.1 Å². The van der Waals surface area contributed by atoms with Gasteiger partial charge in [0.1, 0.15) is 5.52 Å². The number of nitrogens with zero attached hydrogens (tertiary/aromatic N) is 4. The lowest BCUT2D eigenvalue weighted by Crippen LogP contribution is -2.12. The number of fused-ring (bicyclic) bond motifs is 1. The van der Waals surface area contributed by atoms with Crippen molar-refractivity contribution in [3.05, 3.63) is 71.9 Å². The Hall–Kier alpha value is -3.48. The first kappa shape index (κ1) is 15.1. The number of benzene rings is 2. The summed E-state index contributed by atoms with van der Waals surface area (Å²) >= 11 is 0. The molecule has 0 aliphatic heterocycles. The van der Waals surface area contributed by atoms with Crippen molar-refractivity contribution >= 4 is 22.7 Å². The van der Waals surface area contributed by atoms with Crippen LogP contribution < -0.4 is 5.32 Å². The summed E-state index contributed by atoms with van der Waals surface area (Å²) < 4.78 is 7.10. The van der Waals surface area contributed by atoms with E-state index in [4.69, 9.17) is 4.42 Å². The Kier molecular flexibility index (Phi) is 3.74. The first-order valence-electron chi connectivity index (χ1n) is 7.80. The molecule has 2 heterocycles. The molecule has 0 radical (unpaired) electrons. The third-order valence-electron chi connectivity index (χ3n) is 3.71. The molecule has 2 aromatic heterocycles. The number of aromatic nitrogens is 4. The molecule has 0 unspecified atom stereocenters. The molecular formula is C18H15N5O2. The molecule has 2 aromatic carbocycles. The van der Waals surface area contributed by atoms with Gasteiger partial charge in [-0.25, -0.2) is 9.67 Å². The maximum Gasteiger partial charge on any atom is 0.277 e. The molecule has 0 aliphatic carbocycles. The van der Waals surface area contributed by atoms with Crippen LogP contribution in [0.3, 0.4) is 0 Å². The van der Waals surface area contributed by atoms with Gasteiger partial charge in [-0.15, -0.1) is 5.10 Å². The number of carbonyl (C=O) groups excluding carboxylic acids is 1. The van der Waals surface area contributed by atoms with Gasteiger partial charge >= 0.3 is 0 Å². The van der Waals surface area contributed by atoms with E-state index in [9.17, 15) is 4.79 Å². The molecule has 4 aromatic rings. The lowest BCUT2D eigenvalue weighted by atomic mass is 10.2. The van der Waals surface area contributed by atoms with Gasteiger partial charge in [0.2, 0.25) is 0 Å². The highest BCUT2D eigenvalue weighted by Crippen LogP contribution is 2.20. The Morgan fingerprint density at radius 2 is 2.04 bits per heavy atom. The molecule has 0 saturated carbocycles. The molecule has 0 fully saturated rings. The summed E-state index contributed by atoms with van der Waals surface area (Å²) in [6.45, 7) is 2.34. The largest absolute Gasteiger partial charge is 0.441 e. The summed E-state index contributed by atoms with van der Waals surface area (Å²) in [5, 5.41) is 10.7. The number of aryl methyl sites for hydroxylation is 1. The van der Waals surface area contributed by atoms with E-state index in [1.54, 1.807) is 36.0 Å². The predicted molar refractivity (Wildman–Crippen MR) is 92.3 cm³/mol. The third-order valence-corrected chi connectivity index (χ3v) is 3.71. The monoisotopic (exact) mass is 333 g/mol. The first-order valence-corrected chi connectivity index (χ1v) is 7.80. The van der Waals surface area contributed by atoms with Crippen molar-refractivity contribution in [2.45, 2.75) is 13.5 Å². The number of hydrogen-bond acceptors (Lipinski definition) is 5. The van der Waals surface area contributed by atoms with Crippen LogP contribution >= 0.6 is 0 Å². The zero-order chi connectivity index (χ0) is 17.2. The predicted octanol–water partition coefficient (Wildman–Crippen LogP) is 3.03. The van der Waals surface area contributed by atoms with Gasteiger partial charge in [0.25, 0.3) is 5.91 Å². The molecule has 7 heteroatoms. The van der Waals surface area contributed by atoms with Crippen molar-refractivity contribution in [3.63, 3.8) is 0 Å². The van der Waals surface area contributed by atoms with Gasteiger partial charge in [-0.2, -0.15) is 0 Å². The molecule has 124 valence electrons. The van der Waals surface area contributed by atoms with E-state index in [1.807, 2.05) is 30.3 Å². The molecule has 0 aliphatic rings. The minimum Gasteiger partial charge on any atom is -0.441 e. The summed E-state index contributed by atoms with van der Waals surface area (Å²) in [6.07, 6.45) is 1.62. The smallest absolute Gasteiger partial charge is 0.277 e. The molecular weight excluding hydrogens is 318 g/mol. The fraction of sp³-hybridized carbons (Fsp3) is 0.111. The van der Waals surface area contributed by atoms with Gasteiger partial charge in [0, 0.05) is 18.7 Å². The van der Waals surface area contributed by atoms with Crippen molar-refractivity contribution in [3.8, 4) is 0 Å². The zero-order valence-corrected chi connectivity index (χ0v) is 13.5. The molecule has 1 amide bonds. The fourth-order valence-corrected chi connectivity index (χ4v) is 2.56. The topological polar surface area (TPSA) is 85.8 Å². The lowest BCUT2D eigenvalue weighted by Gasteiger charge is -2.02. The van der Waals surface area contributed by atoms with Crippen LogP contribution in [0, 0.1) is 6.92 Å². The molecule has 0 bridgehead atoms. The van der Waals surface area contributed by atoms with Gasteiger partial charge in [-0.05, 0) is 17.7 Å². The number of oxazole rings is 1. The average Bonchev–Trinajstić information content (AvgIpc) is 3.21. The Bertz CT molecular complexity index is 1040. The zero-order valence-electron chi connectivity index (χ0n) is 13.5. The summed E-state index contributed by atoms with van der Waals surface area (Å²) in [4.78, 5) is 16.6. The van der Waals surface area contributed by atoms with Crippen LogP contribution in [0.1, 0.15) is 21.9 Å². The van der Waals surface area contributed by atoms with Crippen LogP contribution in [0.4, 0.5) is 5.69 Å². The maximum absolute atomic E-state index is 12.3. The Balaban J connectivity index is 1.48. The SMILES string of the molecule is Cc1nc2ccc(NC(=O)c3cn(Cc4ccccc4)nn3)cc2o1. The minimum absolute atomic E-state index is 0.254. The average molecular weight is 333 g/mol. The highest BCUT2D eigenvalue weighted by molar-refractivity contribution is 6.03. The van der Waals surface area contributed by atoms with E-state index in [2.05, 4.69) is 20.6 Å². The third kappa shape index (κ3) is 3.25. The number of amides is 1. The number of nitrogens with one attached hydrogen (secondary N) is 1. The Morgan fingerprint density at radius 1 is 1.20 bits per heavy atom. The van der Waals surface area contributed by atoms with Crippen LogP contribution in [0.5, 0.6) is 0 Å². The van der Waals surface area contributed by atoms with Gasteiger partial charge < -0.3 is 9.73 Å². The van der Waals surface area contributed by atoms with Crippen LogP contribution in [-0.4, -0.2) is 25.9 Å². The number of anilines is 1. The Labute approximate surface area is 143 Å². The van der Waals surface area contributed by atoms with E-state index in [0.717, 1.165) is 11.1 Å². The summed E-state index contributed by atoms with van der Waals surface area (Å²) in [5.74, 6) is 0.261. The van der Waals surface area contributed by atoms with E-state index >= 15 is 0 Å². The molecule has 0 saturated heterocycles. The van der Waals surface area contributed by atoms with Crippen molar-refractivity contribution in [2.75, 3.05) is 5.32 Å². The van der Waals surface area contributed by atoms with Gasteiger partial charge in [0.15, 0.2) is 17.2 Å². The highest BCUT2D eigenvalue weighted by atomic mass is 16.3. The lowest BCUT2D eigenvalue weighted by molar-refractivity contribution is 0.102. The van der Waals surface area contributed by atoms with E-state index in [-0.39, 0.29) is 11.6 Å². The number of hydrogen-bond donors (Lipinski definition) is 1. The molecule has 7 nitrogen and oxygen atoms in total. The van der Waals surface area contributed by atoms with Crippen molar-refractivity contribution < 1.29 is 9.21 Å². The van der Waals surface area contributed by atoms with Crippen LogP contribution in [0.2, 0.25) is 0 Å². The van der Waals surface area contributed by atoms with Crippen molar-refractivity contribution in [1.29, 1.82) is 0 Å². The second-order valence-corrected chi connectivity index (χ2v) is 5.66. The van der Waals surface area contributed by atoms with Crippen LogP contribution in [0.25, 0.3) is 11.1 Å². The summed E-state index contributed by atoms with van der Waals surface area (Å²) in [6, 6.07) is 15.2. The van der Waals surface area contributed by atoms with Gasteiger partial charge in [-0.1, -0.05) is 35.5 Å². The summed E-state index contributed by atoms with van der Waals surface area (Å²) in [5.41, 5.74) is 3.34. The maximum atomic E-state index is 12.3. The quantitative estimate of drug-likeness (QED) is 0.620. The van der Waals surface area contributed by atoms with Gasteiger partial charge in [-0.3, -0.25) is 4.79 Å². The highest BCUT2D eigenvalue weighted by Gasteiger charge is 2.12. The normalized spacial score (nSPS) is 10.9.